The number of carboxylic acid groups (broad SMARTS) is 2. The summed E-state index contributed by atoms with van der Waals surface area (Å²) in [4.78, 5) is 53.2. The second-order valence-electron chi connectivity index (χ2n) is 6.58. The maximum atomic E-state index is 12.9. The van der Waals surface area contributed by atoms with Crippen LogP contribution in [0.4, 0.5) is 5.69 Å². The number of benzene rings is 2. The highest BCUT2D eigenvalue weighted by Crippen LogP contribution is 2.30. The molecule has 3 aromatic rings. The lowest BCUT2D eigenvalue weighted by atomic mass is 10.1. The van der Waals surface area contributed by atoms with Crippen LogP contribution < -0.4 is 4.90 Å². The van der Waals surface area contributed by atoms with E-state index in [0.717, 1.165) is 23.1 Å². The molecule has 150 valence electrons. The third-order valence-electron chi connectivity index (χ3n) is 4.57. The first-order chi connectivity index (χ1) is 14.8. The number of rotatable bonds is 3. The molecule has 0 atom stereocenters. The molecule has 2 N–H and O–H groups in total. The molecule has 0 saturated carbocycles. The van der Waals surface area contributed by atoms with E-state index in [2.05, 4.69) is 16.8 Å². The van der Waals surface area contributed by atoms with Gasteiger partial charge in [0.15, 0.2) is 0 Å². The van der Waals surface area contributed by atoms with Crippen LogP contribution in [0, 0.1) is 11.8 Å². The van der Waals surface area contributed by atoms with Crippen molar-refractivity contribution in [1.29, 1.82) is 0 Å². The summed E-state index contributed by atoms with van der Waals surface area (Å²) in [5.41, 5.74) is 0.556. The Labute approximate surface area is 175 Å². The minimum absolute atomic E-state index is 0.0978. The van der Waals surface area contributed by atoms with E-state index in [4.69, 9.17) is 0 Å². The van der Waals surface area contributed by atoms with Gasteiger partial charge in [0.2, 0.25) is 0 Å². The Balaban J connectivity index is 1.74. The average molecular weight is 412 g/mol. The van der Waals surface area contributed by atoms with Crippen molar-refractivity contribution in [1.82, 2.24) is 4.98 Å². The van der Waals surface area contributed by atoms with Crippen molar-refractivity contribution in [2.24, 2.45) is 0 Å². The number of carboxylic acids is 2. The van der Waals surface area contributed by atoms with Gasteiger partial charge < -0.3 is 10.2 Å². The van der Waals surface area contributed by atoms with E-state index >= 15 is 0 Å². The highest BCUT2D eigenvalue weighted by Gasteiger charge is 2.37. The fourth-order valence-electron chi connectivity index (χ4n) is 3.12. The van der Waals surface area contributed by atoms with Crippen LogP contribution >= 0.6 is 0 Å². The molecule has 31 heavy (non-hydrogen) atoms. The van der Waals surface area contributed by atoms with Gasteiger partial charge in [0.05, 0.1) is 27.9 Å². The van der Waals surface area contributed by atoms with Crippen molar-refractivity contribution < 1.29 is 29.4 Å². The molecule has 0 fully saturated rings. The summed E-state index contributed by atoms with van der Waals surface area (Å²) in [5.74, 6) is 1.68. The molecular weight excluding hydrogens is 400 g/mol. The first-order valence-electron chi connectivity index (χ1n) is 8.92. The molecule has 0 saturated heterocycles. The number of fused-ring (bicyclic) bond motifs is 1. The van der Waals surface area contributed by atoms with E-state index in [9.17, 15) is 29.4 Å². The molecule has 0 bridgehead atoms. The molecule has 0 spiro atoms. The fourth-order valence-corrected chi connectivity index (χ4v) is 3.12. The standard InChI is InChI=1S/C23H12N2O6/c26-20-18-6-5-13(3-4-14-2-1-7-24-12-14)8-19(18)21(27)25(20)17-10-15(22(28)29)9-16(11-17)23(30)31/h1-2,5-12H,(H,28,29)(H,30,31). The van der Waals surface area contributed by atoms with Crippen LogP contribution in [0.15, 0.2) is 60.9 Å². The number of amides is 2. The molecule has 1 aromatic heterocycles. The van der Waals surface area contributed by atoms with Crippen LogP contribution in [-0.4, -0.2) is 39.0 Å². The molecule has 1 aliphatic rings. The van der Waals surface area contributed by atoms with Crippen LogP contribution in [0.3, 0.4) is 0 Å². The number of aromatic carboxylic acids is 2. The van der Waals surface area contributed by atoms with Crippen molar-refractivity contribution >= 4 is 29.4 Å². The van der Waals surface area contributed by atoms with Gasteiger partial charge in [-0.3, -0.25) is 14.6 Å². The summed E-state index contributed by atoms with van der Waals surface area (Å²) in [7, 11) is 0. The van der Waals surface area contributed by atoms with Gasteiger partial charge in [-0.15, -0.1) is 0 Å². The Morgan fingerprint density at radius 1 is 0.806 bits per heavy atom. The van der Waals surface area contributed by atoms with Crippen molar-refractivity contribution in [3.63, 3.8) is 0 Å². The maximum Gasteiger partial charge on any atom is 0.335 e. The van der Waals surface area contributed by atoms with Gasteiger partial charge in [0.25, 0.3) is 11.8 Å². The minimum Gasteiger partial charge on any atom is -0.478 e. The summed E-state index contributed by atoms with van der Waals surface area (Å²) < 4.78 is 0. The zero-order valence-electron chi connectivity index (χ0n) is 15.7. The van der Waals surface area contributed by atoms with E-state index < -0.39 is 23.8 Å². The lowest BCUT2D eigenvalue weighted by molar-refractivity contribution is 0.0695. The number of imide groups is 1. The number of anilines is 1. The molecule has 8 heteroatoms. The zero-order valence-corrected chi connectivity index (χ0v) is 15.7. The molecule has 1 aliphatic heterocycles. The predicted octanol–water partition coefficient (Wildman–Crippen LogP) is 2.68. The number of pyridine rings is 1. The second-order valence-corrected chi connectivity index (χ2v) is 6.58. The minimum atomic E-state index is -1.38. The number of carbonyl (C=O) groups excluding carboxylic acids is 2. The third kappa shape index (κ3) is 3.63. The molecule has 2 amide bonds. The Kier molecular flexibility index (Phi) is 4.77. The van der Waals surface area contributed by atoms with E-state index in [0.29, 0.717) is 11.1 Å². The molecular formula is C23H12N2O6. The SMILES string of the molecule is O=C(O)c1cc(C(=O)O)cc(N2C(=O)c3ccc(C#Cc4cccnc4)cc3C2=O)c1. The normalized spacial score (nSPS) is 12.2. The van der Waals surface area contributed by atoms with Crippen LogP contribution in [0.25, 0.3) is 0 Å². The highest BCUT2D eigenvalue weighted by atomic mass is 16.4. The van der Waals surface area contributed by atoms with E-state index in [1.165, 1.54) is 12.1 Å². The fraction of sp³-hybridized carbons (Fsp3) is 0. The van der Waals surface area contributed by atoms with Crippen LogP contribution in [-0.2, 0) is 0 Å². The monoisotopic (exact) mass is 412 g/mol. The van der Waals surface area contributed by atoms with Crippen molar-refractivity contribution in [3.05, 3.63) is 94.3 Å². The molecule has 2 aromatic carbocycles. The first kappa shape index (κ1) is 19.5. The van der Waals surface area contributed by atoms with Gasteiger partial charge in [0.1, 0.15) is 0 Å². The first-order valence-corrected chi connectivity index (χ1v) is 8.92. The van der Waals surface area contributed by atoms with Gasteiger partial charge in [-0.2, -0.15) is 0 Å². The summed E-state index contributed by atoms with van der Waals surface area (Å²) in [6, 6.07) is 11.2. The maximum absolute atomic E-state index is 12.9. The topological polar surface area (TPSA) is 125 Å². The Morgan fingerprint density at radius 3 is 2.06 bits per heavy atom. The number of hydrogen-bond donors (Lipinski definition) is 2. The Hall–Kier alpha value is -4.77. The number of carbonyl (C=O) groups is 4. The van der Waals surface area contributed by atoms with Crippen molar-refractivity contribution in [3.8, 4) is 11.8 Å². The number of hydrogen-bond acceptors (Lipinski definition) is 5. The van der Waals surface area contributed by atoms with Crippen LogP contribution in [0.2, 0.25) is 0 Å². The Bertz CT molecular complexity index is 1300. The van der Waals surface area contributed by atoms with Crippen molar-refractivity contribution in [2.45, 2.75) is 0 Å². The third-order valence-corrected chi connectivity index (χ3v) is 4.57. The predicted molar refractivity (Wildman–Crippen MR) is 108 cm³/mol. The average Bonchev–Trinajstić information content (AvgIpc) is 3.02. The molecule has 0 aliphatic carbocycles. The molecule has 0 radical (unpaired) electrons. The summed E-state index contributed by atoms with van der Waals surface area (Å²) >= 11 is 0. The zero-order chi connectivity index (χ0) is 22.1. The Morgan fingerprint density at radius 2 is 1.45 bits per heavy atom. The van der Waals surface area contributed by atoms with Gasteiger partial charge in [-0.05, 0) is 48.5 Å². The van der Waals surface area contributed by atoms with Gasteiger partial charge >= 0.3 is 11.9 Å². The quantitative estimate of drug-likeness (QED) is 0.500. The smallest absolute Gasteiger partial charge is 0.335 e. The molecule has 2 heterocycles. The van der Waals surface area contributed by atoms with Crippen LogP contribution in [0.5, 0.6) is 0 Å². The van der Waals surface area contributed by atoms with Gasteiger partial charge in [0, 0.05) is 23.5 Å². The second kappa shape index (κ2) is 7.57. The van der Waals surface area contributed by atoms with E-state index in [1.807, 2.05) is 0 Å². The summed E-state index contributed by atoms with van der Waals surface area (Å²) in [6.45, 7) is 0. The largest absolute Gasteiger partial charge is 0.478 e. The van der Waals surface area contributed by atoms with E-state index in [-0.39, 0.29) is 27.9 Å². The van der Waals surface area contributed by atoms with Gasteiger partial charge in [-0.1, -0.05) is 11.8 Å². The van der Waals surface area contributed by atoms with Crippen LogP contribution in [0.1, 0.15) is 52.6 Å². The molecule has 0 unspecified atom stereocenters. The van der Waals surface area contributed by atoms with Crippen molar-refractivity contribution in [2.75, 3.05) is 4.90 Å². The lowest BCUT2D eigenvalue weighted by Gasteiger charge is -2.15. The van der Waals surface area contributed by atoms with E-state index in [1.54, 1.807) is 30.6 Å². The summed E-state index contributed by atoms with van der Waals surface area (Å²) in [5, 5.41) is 18.5. The number of aromatic nitrogens is 1. The van der Waals surface area contributed by atoms with Gasteiger partial charge in [-0.25, -0.2) is 14.5 Å². The molecule has 4 rings (SSSR count). The summed E-state index contributed by atoms with van der Waals surface area (Å²) in [6.07, 6.45) is 3.21. The lowest BCUT2D eigenvalue weighted by Crippen LogP contribution is -2.29. The number of nitrogens with zero attached hydrogens (tertiary/aromatic N) is 2. The highest BCUT2D eigenvalue weighted by molar-refractivity contribution is 6.34. The molecule has 8 nitrogen and oxygen atoms in total.